The van der Waals surface area contributed by atoms with Crippen LogP contribution >= 0.6 is 11.6 Å². The summed E-state index contributed by atoms with van der Waals surface area (Å²) in [6.45, 7) is 8.81. The van der Waals surface area contributed by atoms with Crippen molar-refractivity contribution in [1.82, 2.24) is 4.90 Å². The van der Waals surface area contributed by atoms with Gasteiger partial charge in [-0.25, -0.2) is 0 Å². The number of halogens is 1. The van der Waals surface area contributed by atoms with Crippen LogP contribution in [-0.4, -0.2) is 71.1 Å². The minimum atomic E-state index is -1.53. The fourth-order valence-corrected chi connectivity index (χ4v) is 9.99. The molecule has 1 unspecified atom stereocenters. The number of likely N-dealkylation sites (tertiary alicyclic amines) is 1. The number of aliphatic hydroxyl groups excluding tert-OH is 3. The van der Waals surface area contributed by atoms with Gasteiger partial charge in [-0.2, -0.15) is 0 Å². The number of benzene rings is 1. The van der Waals surface area contributed by atoms with Crippen molar-refractivity contribution in [2.45, 2.75) is 63.7 Å². The summed E-state index contributed by atoms with van der Waals surface area (Å²) in [5.74, 6) is -1.29. The summed E-state index contributed by atoms with van der Waals surface area (Å²) in [4.78, 5) is 29.8. The Morgan fingerprint density at radius 2 is 1.95 bits per heavy atom. The Hall–Kier alpha value is -1.97. The normalized spacial score (nSPS) is 45.5. The zero-order chi connectivity index (χ0) is 28.1. The molecule has 212 valence electrons. The first kappa shape index (κ1) is 27.2. The van der Waals surface area contributed by atoms with Crippen molar-refractivity contribution in [3.8, 4) is 0 Å². The number of allylic oxidation sites excluding steroid dienone is 1. The minimum absolute atomic E-state index is 0.0241. The number of hydrogen-bond donors (Lipinski definition) is 4. The molecule has 0 bridgehead atoms. The van der Waals surface area contributed by atoms with Crippen LogP contribution in [0.3, 0.4) is 0 Å². The van der Waals surface area contributed by atoms with Gasteiger partial charge in [-0.15, -0.1) is 0 Å². The lowest BCUT2D eigenvalue weighted by Gasteiger charge is -2.60. The molecule has 2 aliphatic carbocycles. The molecule has 1 aromatic rings. The second kappa shape index (κ2) is 8.76. The predicted molar refractivity (Wildman–Crippen MR) is 146 cm³/mol. The van der Waals surface area contributed by atoms with Gasteiger partial charge in [0.05, 0.1) is 12.7 Å². The zero-order valence-electron chi connectivity index (χ0n) is 22.9. The number of amides is 1. The third kappa shape index (κ3) is 3.15. The fraction of sp³-hybridized carbons (Fsp3) is 0.667. The number of esters is 1. The number of anilines is 1. The Bertz CT molecular complexity index is 1260. The molecule has 39 heavy (non-hydrogen) atoms. The molecule has 8 nitrogen and oxygen atoms in total. The number of carbonyl (C=O) groups is 2. The van der Waals surface area contributed by atoms with Gasteiger partial charge in [-0.3, -0.25) is 14.5 Å². The Balaban J connectivity index is 1.48. The Morgan fingerprint density at radius 3 is 2.62 bits per heavy atom. The summed E-state index contributed by atoms with van der Waals surface area (Å²) >= 11 is 6.42. The standard InChI is InChI=1S/C30H39ClN2O6/c1-16-5-8-22-27(2,10-9-23(35)28(22,3)15-34)19(16)11-17-13-33(4)30(29(17)24(36)14-39-26(29)38)20-12-18(31)6-7-21(20)32-25(30)37/h6-7,12,17,19,22-24,34-36H,1,5,8-11,13-15H2,2-4H3,(H,32,37)/t17?,19-,22+,23-,24+,27+,28+,29-,30+/m1/s1. The summed E-state index contributed by atoms with van der Waals surface area (Å²) in [5, 5.41) is 36.4. The molecule has 0 aromatic heterocycles. The molecule has 2 spiro atoms. The maximum Gasteiger partial charge on any atom is 0.318 e. The van der Waals surface area contributed by atoms with E-state index >= 15 is 0 Å². The molecule has 1 aromatic carbocycles. The lowest BCUT2D eigenvalue weighted by molar-refractivity contribution is -0.165. The van der Waals surface area contributed by atoms with E-state index in [2.05, 4.69) is 18.8 Å². The van der Waals surface area contributed by atoms with Crippen LogP contribution in [0.2, 0.25) is 5.02 Å². The van der Waals surface area contributed by atoms with E-state index in [4.69, 9.17) is 16.3 Å². The zero-order valence-corrected chi connectivity index (χ0v) is 23.6. The largest absolute Gasteiger partial charge is 0.462 e. The van der Waals surface area contributed by atoms with Crippen LogP contribution < -0.4 is 5.32 Å². The third-order valence-electron chi connectivity index (χ3n) is 11.7. The van der Waals surface area contributed by atoms with Gasteiger partial charge in [0, 0.05) is 28.2 Å². The van der Waals surface area contributed by atoms with Crippen LogP contribution in [0, 0.1) is 34.0 Å². The number of rotatable bonds is 3. The van der Waals surface area contributed by atoms with Crippen molar-refractivity contribution in [3.05, 3.63) is 40.9 Å². The summed E-state index contributed by atoms with van der Waals surface area (Å²) in [6.07, 6.45) is 1.70. The predicted octanol–water partition coefficient (Wildman–Crippen LogP) is 3.09. The highest BCUT2D eigenvalue weighted by molar-refractivity contribution is 6.31. The number of cyclic esters (lactones) is 1. The average Bonchev–Trinajstić information content (AvgIpc) is 3.46. The van der Waals surface area contributed by atoms with Crippen molar-refractivity contribution in [3.63, 3.8) is 0 Å². The molecule has 9 atom stereocenters. The van der Waals surface area contributed by atoms with E-state index in [0.717, 1.165) is 24.8 Å². The monoisotopic (exact) mass is 558 g/mol. The highest BCUT2D eigenvalue weighted by atomic mass is 35.5. The van der Waals surface area contributed by atoms with Crippen molar-refractivity contribution < 1.29 is 29.6 Å². The fourth-order valence-electron chi connectivity index (χ4n) is 9.82. The third-order valence-corrected chi connectivity index (χ3v) is 11.9. The van der Waals surface area contributed by atoms with Crippen LogP contribution in [0.25, 0.3) is 0 Å². The lowest BCUT2D eigenvalue weighted by Crippen LogP contribution is -2.62. The van der Waals surface area contributed by atoms with E-state index in [1.807, 2.05) is 18.9 Å². The minimum Gasteiger partial charge on any atom is -0.462 e. The van der Waals surface area contributed by atoms with Crippen molar-refractivity contribution >= 4 is 29.2 Å². The maximum atomic E-state index is 14.0. The van der Waals surface area contributed by atoms with Crippen LogP contribution in [0.1, 0.15) is 51.5 Å². The quantitative estimate of drug-likeness (QED) is 0.332. The highest BCUT2D eigenvalue weighted by Gasteiger charge is 2.79. The molecule has 2 saturated heterocycles. The van der Waals surface area contributed by atoms with Crippen LogP contribution in [0.4, 0.5) is 5.69 Å². The topological polar surface area (TPSA) is 119 Å². The van der Waals surface area contributed by atoms with Gasteiger partial charge in [0.25, 0.3) is 5.91 Å². The van der Waals surface area contributed by atoms with Gasteiger partial charge < -0.3 is 25.4 Å². The van der Waals surface area contributed by atoms with E-state index < -0.39 is 40.5 Å². The number of hydrogen-bond acceptors (Lipinski definition) is 7. The molecule has 3 heterocycles. The van der Waals surface area contributed by atoms with E-state index in [9.17, 15) is 24.9 Å². The van der Waals surface area contributed by atoms with Crippen LogP contribution in [0.5, 0.6) is 0 Å². The summed E-state index contributed by atoms with van der Waals surface area (Å²) < 4.78 is 5.56. The molecule has 4 N–H and O–H groups in total. The van der Waals surface area contributed by atoms with Crippen molar-refractivity contribution in [2.24, 2.45) is 34.0 Å². The smallest absolute Gasteiger partial charge is 0.318 e. The van der Waals surface area contributed by atoms with Crippen LogP contribution in [0.15, 0.2) is 30.4 Å². The maximum absolute atomic E-state index is 14.0. The molecule has 4 fully saturated rings. The number of fused-ring (bicyclic) bond motifs is 4. The number of ether oxygens (including phenoxy) is 1. The second-order valence-corrected chi connectivity index (χ2v) is 13.6. The molecule has 9 heteroatoms. The Morgan fingerprint density at radius 1 is 1.21 bits per heavy atom. The lowest BCUT2D eigenvalue weighted by atomic mass is 9.45. The molecule has 1 amide bonds. The summed E-state index contributed by atoms with van der Waals surface area (Å²) in [6, 6.07) is 5.16. The highest BCUT2D eigenvalue weighted by Crippen LogP contribution is 2.67. The van der Waals surface area contributed by atoms with E-state index in [0.29, 0.717) is 35.7 Å². The second-order valence-electron chi connectivity index (χ2n) is 13.2. The van der Waals surface area contributed by atoms with Gasteiger partial charge in [-0.1, -0.05) is 37.6 Å². The summed E-state index contributed by atoms with van der Waals surface area (Å²) in [7, 11) is 1.83. The SMILES string of the molecule is C=C1CC[C@@H]2[C@](C)(CO)[C@H](O)CC[C@@]2(C)[C@@H]1CC1CN(C)[C@@]2(C(=O)Nc3ccc(Cl)cc32)[C@]12C(=O)OC[C@@H]2O. The number of nitrogens with one attached hydrogen (secondary N) is 1. The first-order valence-electron chi connectivity index (χ1n) is 14.0. The van der Waals surface area contributed by atoms with E-state index in [-0.39, 0.29) is 36.4 Å². The Kier molecular flexibility index (Phi) is 6.11. The molecule has 3 aliphatic heterocycles. The van der Waals surface area contributed by atoms with Gasteiger partial charge in [-0.05, 0) is 80.5 Å². The first-order chi connectivity index (χ1) is 18.4. The first-order valence-corrected chi connectivity index (χ1v) is 14.4. The number of carbonyl (C=O) groups excluding carboxylic acids is 2. The number of aliphatic hydroxyl groups is 3. The van der Waals surface area contributed by atoms with E-state index in [1.165, 1.54) is 0 Å². The molecule has 2 saturated carbocycles. The van der Waals surface area contributed by atoms with Gasteiger partial charge in [0.2, 0.25) is 0 Å². The summed E-state index contributed by atoms with van der Waals surface area (Å²) in [5.41, 5.74) is -1.65. The van der Waals surface area contributed by atoms with Crippen molar-refractivity contribution in [2.75, 3.05) is 32.1 Å². The molecular formula is C30H39ClN2O6. The van der Waals surface area contributed by atoms with Crippen molar-refractivity contribution in [1.29, 1.82) is 0 Å². The van der Waals surface area contributed by atoms with Gasteiger partial charge in [0.15, 0.2) is 0 Å². The number of likely N-dealkylation sites (N-methyl/N-ethyl adjacent to an activating group) is 1. The molecule has 0 radical (unpaired) electrons. The van der Waals surface area contributed by atoms with E-state index in [1.54, 1.807) is 18.2 Å². The Labute approximate surface area is 234 Å². The average molecular weight is 559 g/mol. The molecule has 6 rings (SSSR count). The van der Waals surface area contributed by atoms with Gasteiger partial charge >= 0.3 is 5.97 Å². The van der Waals surface area contributed by atoms with Crippen LogP contribution in [-0.2, 0) is 19.9 Å². The van der Waals surface area contributed by atoms with Gasteiger partial charge in [0.1, 0.15) is 23.7 Å². The number of nitrogens with zero attached hydrogens (tertiary/aromatic N) is 1. The molecular weight excluding hydrogens is 520 g/mol. The molecule has 5 aliphatic rings.